The molecule has 7 aromatic carbocycles. The topological polar surface area (TPSA) is 30.4 Å². The van der Waals surface area contributed by atoms with E-state index in [1.165, 1.54) is 40.5 Å². The lowest BCUT2D eigenvalue weighted by Gasteiger charge is -2.45. The summed E-state index contributed by atoms with van der Waals surface area (Å²) in [5.41, 5.74) is 10.7. The van der Waals surface area contributed by atoms with Gasteiger partial charge in [-0.25, -0.2) is 0 Å². The molecule has 0 N–H and O–H groups in total. The first-order valence-corrected chi connectivity index (χ1v) is 26.3. The van der Waals surface area contributed by atoms with Gasteiger partial charge in [0.1, 0.15) is 5.52 Å². The highest BCUT2D eigenvalue weighted by Crippen LogP contribution is 2.76. The molecule has 2 aromatic heterocycles. The predicted molar refractivity (Wildman–Crippen MR) is 276 cm³/mol. The highest BCUT2D eigenvalue weighted by molar-refractivity contribution is 8.34. The van der Waals surface area contributed by atoms with Gasteiger partial charge in [0.25, 0.3) is 0 Å². The predicted octanol–water partition coefficient (Wildman–Crippen LogP) is 15.8. The minimum Gasteiger partial charge on any atom is -0.423 e. The van der Waals surface area contributed by atoms with Gasteiger partial charge in [0, 0.05) is 34.9 Å². The summed E-state index contributed by atoms with van der Waals surface area (Å²) in [4.78, 5) is 13.3. The average Bonchev–Trinajstić information content (AvgIpc) is 4.14. The zero-order chi connectivity index (χ0) is 45.1. The van der Waals surface area contributed by atoms with Gasteiger partial charge in [-0.2, -0.15) is 4.98 Å². The fourth-order valence-corrected chi connectivity index (χ4v) is 17.9. The van der Waals surface area contributed by atoms with Crippen molar-refractivity contribution >= 4 is 65.5 Å². The normalized spacial score (nSPS) is 18.6. The number of oxazole rings is 1. The van der Waals surface area contributed by atoms with Crippen LogP contribution in [0.4, 0.5) is 0 Å². The van der Waals surface area contributed by atoms with Crippen molar-refractivity contribution < 1.29 is 4.42 Å². The number of para-hydroxylation sites is 1. The van der Waals surface area contributed by atoms with Gasteiger partial charge in [0.2, 0.25) is 0 Å². The Morgan fingerprint density at radius 1 is 0.545 bits per heavy atom. The number of aromatic nitrogens is 2. The van der Waals surface area contributed by atoms with Crippen molar-refractivity contribution in [3.8, 4) is 11.1 Å². The van der Waals surface area contributed by atoms with Crippen LogP contribution >= 0.6 is 21.8 Å². The largest absolute Gasteiger partial charge is 0.423 e. The number of fused-ring (bicyclic) bond motifs is 7. The summed E-state index contributed by atoms with van der Waals surface area (Å²) in [6.45, 7) is 9.75. The van der Waals surface area contributed by atoms with E-state index in [4.69, 9.17) is 25.1 Å². The monoisotopic (exact) mass is 892 g/mol. The lowest BCUT2D eigenvalue weighted by Crippen LogP contribution is -2.40. The van der Waals surface area contributed by atoms with E-state index in [0.717, 1.165) is 95.8 Å². The first-order valence-electron chi connectivity index (χ1n) is 23.9. The van der Waals surface area contributed by atoms with Crippen molar-refractivity contribution in [2.75, 3.05) is 0 Å². The molecule has 3 heterocycles. The van der Waals surface area contributed by atoms with Crippen LogP contribution in [-0.2, 0) is 21.5 Å². The average molecular weight is 893 g/mol. The van der Waals surface area contributed by atoms with Gasteiger partial charge >= 0.3 is 5.84 Å². The Kier molecular flexibility index (Phi) is 9.77. The van der Waals surface area contributed by atoms with Gasteiger partial charge in [-0.3, -0.25) is 4.40 Å². The molecule has 0 unspecified atom stereocenters. The van der Waals surface area contributed by atoms with E-state index in [1.807, 2.05) is 11.8 Å². The summed E-state index contributed by atoms with van der Waals surface area (Å²) in [6.07, 6.45) is 8.27. The molecule has 0 spiro atoms. The third kappa shape index (κ3) is 6.04. The van der Waals surface area contributed by atoms with Crippen LogP contribution in [0.5, 0.6) is 0 Å². The van der Waals surface area contributed by atoms with Gasteiger partial charge in [0.15, 0.2) is 5.58 Å². The molecule has 4 radical (unpaired) electrons. The van der Waals surface area contributed by atoms with Crippen LogP contribution in [0.15, 0.2) is 192 Å². The Bertz CT molecular complexity index is 3300. The molecule has 0 bridgehead atoms. The van der Waals surface area contributed by atoms with Crippen LogP contribution in [-0.4, -0.2) is 25.1 Å². The molecule has 2 fully saturated rings. The molecule has 2 aliphatic carbocycles. The first kappa shape index (κ1) is 42.0. The Morgan fingerprint density at radius 3 is 1.80 bits per heavy atom. The lowest BCUT2D eigenvalue weighted by atomic mass is 9.61. The van der Waals surface area contributed by atoms with E-state index >= 15 is 0 Å². The van der Waals surface area contributed by atoms with Crippen LogP contribution in [0.3, 0.4) is 0 Å². The number of nitrogens with zero attached hydrogens (tertiary/aromatic N) is 2. The van der Waals surface area contributed by atoms with E-state index < -0.39 is 20.7 Å². The molecule has 0 atom stereocenters. The van der Waals surface area contributed by atoms with Crippen LogP contribution in [0.25, 0.3) is 39.1 Å². The molecular formula is C59H54B2N2OS2. The number of benzene rings is 7. The second-order valence-electron chi connectivity index (χ2n) is 20.3. The zero-order valence-corrected chi connectivity index (χ0v) is 40.1. The molecule has 3 aliphatic rings. The van der Waals surface area contributed by atoms with Crippen LogP contribution in [0.1, 0.15) is 101 Å². The summed E-state index contributed by atoms with van der Waals surface area (Å²) >= 11 is 1.95. The van der Waals surface area contributed by atoms with E-state index in [1.54, 1.807) is 0 Å². The van der Waals surface area contributed by atoms with Crippen molar-refractivity contribution in [3.05, 3.63) is 180 Å². The molecule has 7 heteroatoms. The molecule has 9 aromatic rings. The van der Waals surface area contributed by atoms with E-state index in [-0.39, 0.29) is 10.8 Å². The summed E-state index contributed by atoms with van der Waals surface area (Å²) in [5, 5.41) is -0.869. The number of hydrogen-bond acceptors (Lipinski definition) is 3. The SMILES string of the molecule is [B]C1(c2ccc3c(nc4oc5c(C6([B])CCCC6)cccc5n43)c2-c2cccc(S(c3ccccc3)(c3ccccc3)c3cccc4c3Sc3ccccc3C(C)(C)C4(C)C)c2)CCCC1. The number of hydrogen-bond donors (Lipinski definition) is 0. The molecule has 0 saturated heterocycles. The van der Waals surface area contributed by atoms with E-state index in [2.05, 4.69) is 190 Å². The maximum absolute atomic E-state index is 7.58. The van der Waals surface area contributed by atoms with Crippen molar-refractivity contribution in [2.45, 2.75) is 130 Å². The van der Waals surface area contributed by atoms with Gasteiger partial charge in [-0.15, -0.1) is 10.0 Å². The van der Waals surface area contributed by atoms with Crippen molar-refractivity contribution in [1.82, 2.24) is 9.38 Å². The Hall–Kier alpha value is -5.36. The second-order valence-corrected chi connectivity index (χ2v) is 24.4. The third-order valence-corrected chi connectivity index (χ3v) is 21.5. The fraction of sp³-hybridized carbons (Fsp3) is 0.271. The maximum atomic E-state index is 7.58. The van der Waals surface area contributed by atoms with Gasteiger partial charge in [0.05, 0.1) is 26.7 Å². The molecule has 2 saturated carbocycles. The molecule has 12 rings (SSSR count). The molecule has 1 aliphatic heterocycles. The Labute approximate surface area is 398 Å². The van der Waals surface area contributed by atoms with Gasteiger partial charge < -0.3 is 4.42 Å². The zero-order valence-electron chi connectivity index (χ0n) is 38.4. The third-order valence-electron chi connectivity index (χ3n) is 16.3. The highest BCUT2D eigenvalue weighted by Gasteiger charge is 2.47. The van der Waals surface area contributed by atoms with Crippen molar-refractivity contribution in [1.29, 1.82) is 0 Å². The number of rotatable bonds is 7. The molecule has 3 nitrogen and oxygen atoms in total. The smallest absolute Gasteiger partial charge is 0.307 e. The maximum Gasteiger partial charge on any atom is 0.307 e. The first-order chi connectivity index (χ1) is 32.0. The summed E-state index contributed by atoms with van der Waals surface area (Å²) in [7, 11) is 12.5. The summed E-state index contributed by atoms with van der Waals surface area (Å²) in [5.74, 6) is 0.587. The van der Waals surface area contributed by atoms with Crippen LogP contribution in [0.2, 0.25) is 0 Å². The Morgan fingerprint density at radius 2 is 1.11 bits per heavy atom. The fourth-order valence-electron chi connectivity index (χ4n) is 12.1. The summed E-state index contributed by atoms with van der Waals surface area (Å²) < 4.78 is 9.05. The second kappa shape index (κ2) is 15.3. The van der Waals surface area contributed by atoms with E-state index in [0.29, 0.717) is 5.84 Å². The Balaban J connectivity index is 1.15. The highest BCUT2D eigenvalue weighted by atomic mass is 32.3. The quantitative estimate of drug-likeness (QED) is 0.149. The number of imidazole rings is 1. The van der Waals surface area contributed by atoms with Gasteiger partial charge in [-0.1, -0.05) is 188 Å². The minimum absolute atomic E-state index is 0.135. The molecular weight excluding hydrogens is 838 g/mol. The van der Waals surface area contributed by atoms with Crippen molar-refractivity contribution in [3.63, 3.8) is 0 Å². The standard InChI is InChI=1S/C59H54B2N2OS2/c1-56(2)43-26-11-12-30-49(43)65-54-46(57(56,3)4)28-19-31-50(54)66(40-21-7-5-8-22-40,41-23-9-6-10-24-41)42-25-17-20-39(38-42)51-44(58(60)34-13-14-35-58)32-33-47-52(51)62-55-63(47)48-29-18-27-45(53(48)64-55)59(61)36-15-16-37-59/h5-12,17-33,38H,13-16,34-37H2,1-4H3. The minimum atomic E-state index is -2.16. The van der Waals surface area contributed by atoms with Gasteiger partial charge in [-0.05, 0) is 110 Å². The molecule has 66 heavy (non-hydrogen) atoms. The molecule has 0 amide bonds. The van der Waals surface area contributed by atoms with Crippen LogP contribution in [0, 0.1) is 0 Å². The lowest BCUT2D eigenvalue weighted by molar-refractivity contribution is 0.295. The van der Waals surface area contributed by atoms with Crippen molar-refractivity contribution in [2.24, 2.45) is 0 Å². The summed E-state index contributed by atoms with van der Waals surface area (Å²) in [6, 6.07) is 59.3. The van der Waals surface area contributed by atoms with Crippen LogP contribution < -0.4 is 0 Å². The van der Waals surface area contributed by atoms with E-state index in [9.17, 15) is 0 Å². The molecule has 324 valence electrons.